The Balaban J connectivity index is 2.73. The van der Waals surface area contributed by atoms with Crippen LogP contribution in [0.25, 0.3) is 10.8 Å². The van der Waals surface area contributed by atoms with Crippen LogP contribution in [-0.2, 0) is 0 Å². The van der Waals surface area contributed by atoms with Gasteiger partial charge in [-0.15, -0.1) is 0 Å². The summed E-state index contributed by atoms with van der Waals surface area (Å²) >= 11 is 0. The zero-order valence-corrected chi connectivity index (χ0v) is 7.40. The Morgan fingerprint density at radius 1 is 1.29 bits per heavy atom. The van der Waals surface area contributed by atoms with Crippen molar-refractivity contribution in [2.75, 3.05) is 5.73 Å². The molecule has 4 nitrogen and oxygen atoms in total. The minimum absolute atomic E-state index is 0.442. The smallest absolute Gasteiger partial charge is 0.248 e. The molecule has 1 aromatic carbocycles. The standard InChI is InChI=1S/C10H9N3O/c11-9-8-2-1-7(10(12)14)5-6(8)3-4-13-9/h1-5H,(H2,11,13)(H2,12,14). The number of pyridine rings is 1. The molecular weight excluding hydrogens is 178 g/mol. The van der Waals surface area contributed by atoms with E-state index < -0.39 is 5.91 Å². The predicted molar refractivity (Wildman–Crippen MR) is 54.7 cm³/mol. The third-order valence-electron chi connectivity index (χ3n) is 2.08. The van der Waals surface area contributed by atoms with E-state index >= 15 is 0 Å². The molecule has 4 N–H and O–H groups in total. The van der Waals surface area contributed by atoms with Gasteiger partial charge in [0.2, 0.25) is 5.91 Å². The second kappa shape index (κ2) is 2.99. The van der Waals surface area contributed by atoms with Crippen molar-refractivity contribution in [3.8, 4) is 0 Å². The first-order valence-electron chi connectivity index (χ1n) is 4.12. The van der Waals surface area contributed by atoms with Gasteiger partial charge in [0.25, 0.3) is 0 Å². The highest BCUT2D eigenvalue weighted by atomic mass is 16.1. The number of carbonyl (C=O) groups excluding carboxylic acids is 1. The van der Waals surface area contributed by atoms with Crippen LogP contribution in [-0.4, -0.2) is 10.9 Å². The molecule has 0 atom stereocenters. The molecule has 0 aliphatic heterocycles. The predicted octanol–water partition coefficient (Wildman–Crippen LogP) is 0.916. The van der Waals surface area contributed by atoms with Gasteiger partial charge in [-0.1, -0.05) is 0 Å². The second-order valence-electron chi connectivity index (χ2n) is 3.00. The van der Waals surface area contributed by atoms with Gasteiger partial charge < -0.3 is 11.5 Å². The van der Waals surface area contributed by atoms with Crippen molar-refractivity contribution in [3.05, 3.63) is 36.0 Å². The Hall–Kier alpha value is -2.10. The number of primary amides is 1. The van der Waals surface area contributed by atoms with Gasteiger partial charge in [0.05, 0.1) is 0 Å². The fraction of sp³-hybridized carbons (Fsp3) is 0. The van der Waals surface area contributed by atoms with Crippen LogP contribution in [0.4, 0.5) is 5.82 Å². The summed E-state index contributed by atoms with van der Waals surface area (Å²) in [4.78, 5) is 14.8. The van der Waals surface area contributed by atoms with Gasteiger partial charge in [-0.2, -0.15) is 0 Å². The van der Waals surface area contributed by atoms with E-state index in [1.165, 1.54) is 0 Å². The summed E-state index contributed by atoms with van der Waals surface area (Å²) in [6.45, 7) is 0. The van der Waals surface area contributed by atoms with Crippen molar-refractivity contribution in [1.29, 1.82) is 0 Å². The van der Waals surface area contributed by atoms with Crippen molar-refractivity contribution in [2.45, 2.75) is 0 Å². The summed E-state index contributed by atoms with van der Waals surface area (Å²) in [5.41, 5.74) is 11.3. The summed E-state index contributed by atoms with van der Waals surface area (Å²) in [5.74, 6) is 0.0146. The normalized spacial score (nSPS) is 10.3. The molecule has 0 aliphatic carbocycles. The molecule has 14 heavy (non-hydrogen) atoms. The zero-order valence-electron chi connectivity index (χ0n) is 7.40. The molecule has 1 aromatic heterocycles. The Morgan fingerprint density at radius 2 is 2.07 bits per heavy atom. The maximum absolute atomic E-state index is 10.9. The topological polar surface area (TPSA) is 82.0 Å². The molecule has 2 rings (SSSR count). The summed E-state index contributed by atoms with van der Waals surface area (Å²) < 4.78 is 0. The van der Waals surface area contributed by atoms with Crippen molar-refractivity contribution in [1.82, 2.24) is 4.98 Å². The van der Waals surface area contributed by atoms with Gasteiger partial charge in [0.15, 0.2) is 0 Å². The monoisotopic (exact) mass is 187 g/mol. The highest BCUT2D eigenvalue weighted by molar-refractivity contribution is 5.99. The first-order valence-corrected chi connectivity index (χ1v) is 4.12. The van der Waals surface area contributed by atoms with Gasteiger partial charge in [-0.3, -0.25) is 4.79 Å². The summed E-state index contributed by atoms with van der Waals surface area (Å²) in [7, 11) is 0. The molecule has 0 saturated heterocycles. The highest BCUT2D eigenvalue weighted by Crippen LogP contribution is 2.19. The van der Waals surface area contributed by atoms with E-state index in [-0.39, 0.29) is 0 Å². The number of rotatable bonds is 1. The molecule has 0 unspecified atom stereocenters. The minimum atomic E-state index is -0.442. The molecule has 0 fully saturated rings. The van der Waals surface area contributed by atoms with E-state index in [2.05, 4.69) is 4.98 Å². The SMILES string of the molecule is NC(=O)c1ccc2c(N)nccc2c1. The Labute approximate surface area is 80.5 Å². The number of nitrogens with zero attached hydrogens (tertiary/aromatic N) is 1. The number of nitrogens with two attached hydrogens (primary N) is 2. The Morgan fingerprint density at radius 3 is 2.79 bits per heavy atom. The second-order valence-corrected chi connectivity index (χ2v) is 3.00. The molecule has 0 spiro atoms. The highest BCUT2D eigenvalue weighted by Gasteiger charge is 2.03. The molecule has 0 radical (unpaired) electrons. The van der Waals surface area contributed by atoms with E-state index in [4.69, 9.17) is 11.5 Å². The lowest BCUT2D eigenvalue weighted by Gasteiger charge is -2.01. The van der Waals surface area contributed by atoms with Crippen molar-refractivity contribution >= 4 is 22.5 Å². The molecule has 0 aliphatic rings. The molecule has 0 saturated carbocycles. The number of nitrogen functional groups attached to an aromatic ring is 1. The Kier molecular flexibility index (Phi) is 1.81. The van der Waals surface area contributed by atoms with Crippen LogP contribution in [0.15, 0.2) is 30.5 Å². The van der Waals surface area contributed by atoms with Crippen LogP contribution in [0.1, 0.15) is 10.4 Å². The van der Waals surface area contributed by atoms with E-state index in [1.54, 1.807) is 30.5 Å². The van der Waals surface area contributed by atoms with Crippen LogP contribution in [0.2, 0.25) is 0 Å². The fourth-order valence-corrected chi connectivity index (χ4v) is 1.35. The number of hydrogen-bond acceptors (Lipinski definition) is 3. The number of carbonyl (C=O) groups is 1. The average molecular weight is 187 g/mol. The van der Waals surface area contributed by atoms with Gasteiger partial charge >= 0.3 is 0 Å². The molecule has 0 bridgehead atoms. The van der Waals surface area contributed by atoms with Gasteiger partial charge in [-0.05, 0) is 29.7 Å². The number of aromatic nitrogens is 1. The number of fused-ring (bicyclic) bond motifs is 1. The zero-order chi connectivity index (χ0) is 10.1. The Bertz CT molecular complexity index is 508. The van der Waals surface area contributed by atoms with Gasteiger partial charge in [0, 0.05) is 17.1 Å². The lowest BCUT2D eigenvalue weighted by Crippen LogP contribution is -2.10. The number of benzene rings is 1. The molecule has 1 heterocycles. The molecule has 4 heteroatoms. The van der Waals surface area contributed by atoms with E-state index in [9.17, 15) is 4.79 Å². The van der Waals surface area contributed by atoms with Crippen molar-refractivity contribution < 1.29 is 4.79 Å². The fourth-order valence-electron chi connectivity index (χ4n) is 1.35. The maximum atomic E-state index is 10.9. The lowest BCUT2D eigenvalue weighted by atomic mass is 10.1. The number of anilines is 1. The molecule has 1 amide bonds. The van der Waals surface area contributed by atoms with Crippen molar-refractivity contribution in [2.24, 2.45) is 5.73 Å². The minimum Gasteiger partial charge on any atom is -0.383 e. The first-order chi connectivity index (χ1) is 6.68. The summed E-state index contributed by atoms with van der Waals surface area (Å²) in [6, 6.07) is 6.88. The van der Waals surface area contributed by atoms with Gasteiger partial charge in [0.1, 0.15) is 5.82 Å². The third kappa shape index (κ3) is 1.26. The maximum Gasteiger partial charge on any atom is 0.248 e. The quantitative estimate of drug-likeness (QED) is 0.696. The van der Waals surface area contributed by atoms with E-state index in [1.807, 2.05) is 0 Å². The number of amides is 1. The van der Waals surface area contributed by atoms with Crippen LogP contribution in [0.3, 0.4) is 0 Å². The molecular formula is C10H9N3O. The van der Waals surface area contributed by atoms with Crippen LogP contribution in [0.5, 0.6) is 0 Å². The van der Waals surface area contributed by atoms with Crippen molar-refractivity contribution in [3.63, 3.8) is 0 Å². The first kappa shape index (κ1) is 8.50. The van der Waals surface area contributed by atoms with Crippen LogP contribution >= 0.6 is 0 Å². The van der Waals surface area contributed by atoms with E-state index in [0.717, 1.165) is 10.8 Å². The summed E-state index contributed by atoms with van der Waals surface area (Å²) in [6.07, 6.45) is 1.60. The summed E-state index contributed by atoms with van der Waals surface area (Å²) in [5, 5.41) is 1.70. The molecule has 70 valence electrons. The lowest BCUT2D eigenvalue weighted by molar-refractivity contribution is 0.100. The average Bonchev–Trinajstić information content (AvgIpc) is 2.17. The number of hydrogen-bond donors (Lipinski definition) is 2. The van der Waals surface area contributed by atoms with E-state index in [0.29, 0.717) is 11.4 Å². The third-order valence-corrected chi connectivity index (χ3v) is 2.08. The largest absolute Gasteiger partial charge is 0.383 e. The molecule has 2 aromatic rings. The van der Waals surface area contributed by atoms with Crippen LogP contribution < -0.4 is 11.5 Å². The van der Waals surface area contributed by atoms with Crippen LogP contribution in [0, 0.1) is 0 Å². The van der Waals surface area contributed by atoms with Gasteiger partial charge in [-0.25, -0.2) is 4.98 Å².